The van der Waals surface area contributed by atoms with Crippen LogP contribution in [-0.2, 0) is 0 Å². The largest absolute Gasteiger partial charge is 0.253 e. The van der Waals surface area contributed by atoms with E-state index in [0.29, 0.717) is 5.92 Å². The van der Waals surface area contributed by atoms with E-state index in [1.165, 1.54) is 0 Å². The van der Waals surface area contributed by atoms with Gasteiger partial charge in [0.05, 0.1) is 11.2 Å². The van der Waals surface area contributed by atoms with E-state index in [0.717, 1.165) is 22.6 Å². The van der Waals surface area contributed by atoms with Crippen LogP contribution in [0.4, 0.5) is 0 Å². The van der Waals surface area contributed by atoms with Crippen molar-refractivity contribution in [1.29, 1.82) is 0 Å². The Bertz CT molecular complexity index is 463. The number of pyridine rings is 1. The molecular formula is C11H13N3. The molecule has 3 nitrogen and oxygen atoms in total. The minimum Gasteiger partial charge on any atom is -0.253 e. The van der Waals surface area contributed by atoms with Crippen LogP contribution in [0.3, 0.4) is 0 Å². The molecule has 0 aliphatic rings. The van der Waals surface area contributed by atoms with E-state index >= 15 is 0 Å². The lowest BCUT2D eigenvalue weighted by atomic mass is 10.2. The molecule has 0 bridgehead atoms. The molecule has 2 heterocycles. The number of fused-ring (bicyclic) bond motifs is 1. The Morgan fingerprint density at radius 2 is 2.00 bits per heavy atom. The SMILES string of the molecule is Cc1nc(C(C)C)nc2cccnc12. The summed E-state index contributed by atoms with van der Waals surface area (Å²) in [5.41, 5.74) is 2.79. The van der Waals surface area contributed by atoms with Crippen molar-refractivity contribution < 1.29 is 0 Å². The Hall–Kier alpha value is -1.51. The fourth-order valence-corrected chi connectivity index (χ4v) is 1.40. The van der Waals surface area contributed by atoms with Crippen molar-refractivity contribution >= 4 is 11.0 Å². The van der Waals surface area contributed by atoms with Crippen LogP contribution in [0.15, 0.2) is 18.3 Å². The molecule has 3 heteroatoms. The summed E-state index contributed by atoms with van der Waals surface area (Å²) < 4.78 is 0. The van der Waals surface area contributed by atoms with Gasteiger partial charge >= 0.3 is 0 Å². The molecule has 0 atom stereocenters. The van der Waals surface area contributed by atoms with Gasteiger partial charge in [0.1, 0.15) is 11.3 Å². The summed E-state index contributed by atoms with van der Waals surface area (Å²) in [5, 5.41) is 0. The highest BCUT2D eigenvalue weighted by molar-refractivity contribution is 5.75. The molecule has 2 aromatic heterocycles. The van der Waals surface area contributed by atoms with Crippen molar-refractivity contribution in [3.63, 3.8) is 0 Å². The molecule has 0 spiro atoms. The second-order valence-corrected chi connectivity index (χ2v) is 3.69. The molecule has 0 aromatic carbocycles. The minimum absolute atomic E-state index is 0.360. The topological polar surface area (TPSA) is 38.7 Å². The Morgan fingerprint density at radius 1 is 1.21 bits per heavy atom. The van der Waals surface area contributed by atoms with Crippen LogP contribution in [0, 0.1) is 6.92 Å². The molecule has 2 aromatic rings. The lowest BCUT2D eigenvalue weighted by molar-refractivity contribution is 0.775. The summed E-state index contributed by atoms with van der Waals surface area (Å²) in [6.45, 7) is 6.16. The summed E-state index contributed by atoms with van der Waals surface area (Å²) >= 11 is 0. The molecule has 0 aliphatic heterocycles. The van der Waals surface area contributed by atoms with E-state index in [-0.39, 0.29) is 0 Å². The van der Waals surface area contributed by atoms with Crippen LogP contribution in [0.5, 0.6) is 0 Å². The van der Waals surface area contributed by atoms with Gasteiger partial charge in [0.25, 0.3) is 0 Å². The molecule has 2 rings (SSSR count). The normalized spacial score (nSPS) is 11.1. The third-order valence-corrected chi connectivity index (χ3v) is 2.16. The summed E-state index contributed by atoms with van der Waals surface area (Å²) in [5.74, 6) is 1.25. The first-order chi connectivity index (χ1) is 6.68. The smallest absolute Gasteiger partial charge is 0.131 e. The van der Waals surface area contributed by atoms with Gasteiger partial charge in [0.15, 0.2) is 0 Å². The van der Waals surface area contributed by atoms with Gasteiger partial charge in [-0.25, -0.2) is 9.97 Å². The molecule has 0 saturated heterocycles. The molecule has 0 N–H and O–H groups in total. The molecule has 72 valence electrons. The second-order valence-electron chi connectivity index (χ2n) is 3.69. The maximum atomic E-state index is 4.46. The summed E-state index contributed by atoms with van der Waals surface area (Å²) in [6, 6.07) is 3.88. The molecule has 0 fully saturated rings. The predicted molar refractivity (Wildman–Crippen MR) is 56.2 cm³/mol. The molecule has 0 amide bonds. The van der Waals surface area contributed by atoms with Crippen molar-refractivity contribution in [2.24, 2.45) is 0 Å². The summed E-state index contributed by atoms with van der Waals surface area (Å²) in [4.78, 5) is 13.1. The van der Waals surface area contributed by atoms with Crippen molar-refractivity contribution in [2.45, 2.75) is 26.7 Å². The van der Waals surface area contributed by atoms with Gasteiger partial charge in [-0.2, -0.15) is 0 Å². The fourth-order valence-electron chi connectivity index (χ4n) is 1.40. The maximum absolute atomic E-state index is 4.46. The van der Waals surface area contributed by atoms with E-state index in [4.69, 9.17) is 0 Å². The number of hydrogen-bond acceptors (Lipinski definition) is 3. The zero-order valence-corrected chi connectivity index (χ0v) is 8.65. The lowest BCUT2D eigenvalue weighted by Gasteiger charge is -2.06. The Morgan fingerprint density at radius 3 is 2.71 bits per heavy atom. The first-order valence-corrected chi connectivity index (χ1v) is 4.77. The first kappa shape index (κ1) is 9.06. The predicted octanol–water partition coefficient (Wildman–Crippen LogP) is 2.46. The van der Waals surface area contributed by atoms with Crippen molar-refractivity contribution in [1.82, 2.24) is 15.0 Å². The molecular weight excluding hydrogens is 174 g/mol. The van der Waals surface area contributed by atoms with Crippen LogP contribution in [0.2, 0.25) is 0 Å². The Balaban J connectivity index is 2.72. The van der Waals surface area contributed by atoms with E-state index in [1.807, 2.05) is 19.1 Å². The average Bonchev–Trinajstić information content (AvgIpc) is 2.17. The van der Waals surface area contributed by atoms with E-state index in [9.17, 15) is 0 Å². The van der Waals surface area contributed by atoms with Crippen molar-refractivity contribution in [2.75, 3.05) is 0 Å². The third-order valence-electron chi connectivity index (χ3n) is 2.16. The second kappa shape index (κ2) is 3.33. The van der Waals surface area contributed by atoms with Gasteiger partial charge in [-0.05, 0) is 19.1 Å². The Kier molecular flexibility index (Phi) is 2.15. The number of nitrogens with zero attached hydrogens (tertiary/aromatic N) is 3. The molecule has 0 aliphatic carbocycles. The van der Waals surface area contributed by atoms with Gasteiger partial charge < -0.3 is 0 Å². The van der Waals surface area contributed by atoms with Gasteiger partial charge in [0, 0.05) is 12.1 Å². The highest BCUT2D eigenvalue weighted by atomic mass is 14.9. The van der Waals surface area contributed by atoms with E-state index in [2.05, 4.69) is 28.8 Å². The van der Waals surface area contributed by atoms with Crippen molar-refractivity contribution in [3.8, 4) is 0 Å². The highest BCUT2D eigenvalue weighted by Crippen LogP contribution is 2.16. The summed E-state index contributed by atoms with van der Waals surface area (Å²) in [7, 11) is 0. The number of aromatic nitrogens is 3. The van der Waals surface area contributed by atoms with E-state index in [1.54, 1.807) is 6.20 Å². The molecule has 0 radical (unpaired) electrons. The van der Waals surface area contributed by atoms with E-state index < -0.39 is 0 Å². The van der Waals surface area contributed by atoms with Crippen LogP contribution in [0.25, 0.3) is 11.0 Å². The van der Waals surface area contributed by atoms with Gasteiger partial charge in [-0.3, -0.25) is 4.98 Å². The summed E-state index contributed by atoms with van der Waals surface area (Å²) in [6.07, 6.45) is 1.77. The van der Waals surface area contributed by atoms with Gasteiger partial charge in [-0.1, -0.05) is 13.8 Å². The molecule has 0 unspecified atom stereocenters. The number of hydrogen-bond donors (Lipinski definition) is 0. The third kappa shape index (κ3) is 1.45. The molecule has 0 saturated carbocycles. The fraction of sp³-hybridized carbons (Fsp3) is 0.364. The number of rotatable bonds is 1. The quantitative estimate of drug-likeness (QED) is 0.688. The average molecular weight is 187 g/mol. The standard InChI is InChI=1S/C11H13N3/c1-7(2)11-13-8(3)10-9(14-11)5-4-6-12-10/h4-7H,1-3H3. The van der Waals surface area contributed by atoms with Crippen LogP contribution >= 0.6 is 0 Å². The van der Waals surface area contributed by atoms with Crippen LogP contribution in [-0.4, -0.2) is 15.0 Å². The monoisotopic (exact) mass is 187 g/mol. The molecule has 14 heavy (non-hydrogen) atoms. The maximum Gasteiger partial charge on any atom is 0.131 e. The lowest BCUT2D eigenvalue weighted by Crippen LogP contribution is -2.00. The van der Waals surface area contributed by atoms with Gasteiger partial charge in [0.2, 0.25) is 0 Å². The zero-order valence-electron chi connectivity index (χ0n) is 8.65. The van der Waals surface area contributed by atoms with Gasteiger partial charge in [-0.15, -0.1) is 0 Å². The van der Waals surface area contributed by atoms with Crippen molar-refractivity contribution in [3.05, 3.63) is 29.8 Å². The van der Waals surface area contributed by atoms with Crippen LogP contribution < -0.4 is 0 Å². The highest BCUT2D eigenvalue weighted by Gasteiger charge is 2.07. The number of aryl methyl sites for hydroxylation is 1. The first-order valence-electron chi connectivity index (χ1n) is 4.77. The minimum atomic E-state index is 0.360. The zero-order chi connectivity index (χ0) is 10.1. The Labute approximate surface area is 83.2 Å². The van der Waals surface area contributed by atoms with Crippen LogP contribution in [0.1, 0.15) is 31.3 Å².